The minimum atomic E-state index is 0.392. The van der Waals surface area contributed by atoms with Gasteiger partial charge in [0.05, 0.1) is 0 Å². The molecule has 1 N–H and O–H groups in total. The monoisotopic (exact) mass is 254 g/mol. The van der Waals surface area contributed by atoms with Gasteiger partial charge < -0.3 is 10.2 Å². The highest BCUT2D eigenvalue weighted by molar-refractivity contribution is 5.01. The molecule has 1 saturated carbocycles. The molecule has 2 heteroatoms. The van der Waals surface area contributed by atoms with E-state index in [-0.39, 0.29) is 0 Å². The van der Waals surface area contributed by atoms with E-state index in [1.165, 1.54) is 44.9 Å². The number of nitrogens with zero attached hydrogens (tertiary/aromatic N) is 1. The summed E-state index contributed by atoms with van der Waals surface area (Å²) >= 11 is 0. The quantitative estimate of drug-likeness (QED) is 0.746. The van der Waals surface area contributed by atoms with Gasteiger partial charge in [-0.2, -0.15) is 0 Å². The molecule has 0 aromatic carbocycles. The topological polar surface area (TPSA) is 15.3 Å². The van der Waals surface area contributed by atoms with Crippen LogP contribution >= 0.6 is 0 Å². The fraction of sp³-hybridized carbons (Fsp3) is 1.00. The van der Waals surface area contributed by atoms with Crippen LogP contribution < -0.4 is 5.32 Å². The molecule has 18 heavy (non-hydrogen) atoms. The van der Waals surface area contributed by atoms with Crippen LogP contribution in [0.2, 0.25) is 0 Å². The summed E-state index contributed by atoms with van der Waals surface area (Å²) in [5.74, 6) is 0.879. The summed E-state index contributed by atoms with van der Waals surface area (Å²) in [6.07, 6.45) is 9.37. The van der Waals surface area contributed by atoms with Gasteiger partial charge in [0, 0.05) is 11.6 Å². The average molecular weight is 254 g/mol. The van der Waals surface area contributed by atoms with Crippen molar-refractivity contribution >= 4 is 0 Å². The van der Waals surface area contributed by atoms with Crippen LogP contribution in [0.15, 0.2) is 0 Å². The summed E-state index contributed by atoms with van der Waals surface area (Å²) < 4.78 is 0. The maximum absolute atomic E-state index is 3.84. The van der Waals surface area contributed by atoms with E-state index < -0.39 is 0 Å². The van der Waals surface area contributed by atoms with E-state index >= 15 is 0 Å². The highest BCUT2D eigenvalue weighted by Crippen LogP contribution is 2.39. The third kappa shape index (κ3) is 3.71. The summed E-state index contributed by atoms with van der Waals surface area (Å²) in [6, 6.07) is 0.667. The van der Waals surface area contributed by atoms with Crippen molar-refractivity contribution in [2.75, 3.05) is 20.6 Å². The molecule has 0 heterocycles. The molecule has 1 aliphatic rings. The molecule has 0 aromatic rings. The van der Waals surface area contributed by atoms with E-state index in [1.807, 2.05) is 0 Å². The molecule has 0 bridgehead atoms. The van der Waals surface area contributed by atoms with Crippen molar-refractivity contribution in [2.45, 2.75) is 77.3 Å². The van der Waals surface area contributed by atoms with E-state index in [4.69, 9.17) is 0 Å². The van der Waals surface area contributed by atoms with Crippen LogP contribution in [0.1, 0.15) is 65.7 Å². The number of nitrogens with one attached hydrogen (secondary N) is 1. The van der Waals surface area contributed by atoms with Gasteiger partial charge in [-0.25, -0.2) is 0 Å². The Morgan fingerprint density at radius 1 is 1.28 bits per heavy atom. The molecule has 1 aliphatic carbocycles. The van der Waals surface area contributed by atoms with Gasteiger partial charge in [-0.1, -0.05) is 40.0 Å². The molecule has 108 valence electrons. The Hall–Kier alpha value is -0.0800. The van der Waals surface area contributed by atoms with Crippen LogP contribution in [-0.4, -0.2) is 37.1 Å². The SMILES string of the molecule is CCCNC(CCC)C1(N(C)C)CCCC(C)C1. The fourth-order valence-corrected chi connectivity index (χ4v) is 3.77. The Labute approximate surface area is 115 Å². The van der Waals surface area contributed by atoms with Crippen molar-refractivity contribution in [3.8, 4) is 0 Å². The minimum absolute atomic E-state index is 0.392. The normalized spacial score (nSPS) is 30.7. The van der Waals surface area contributed by atoms with Gasteiger partial charge in [0.25, 0.3) is 0 Å². The predicted octanol–water partition coefficient (Wildman–Crippen LogP) is 3.67. The Bertz CT molecular complexity index is 227. The molecule has 1 fully saturated rings. The summed E-state index contributed by atoms with van der Waals surface area (Å²) in [4.78, 5) is 2.52. The van der Waals surface area contributed by atoms with Crippen molar-refractivity contribution in [2.24, 2.45) is 5.92 Å². The van der Waals surface area contributed by atoms with Crippen LogP contribution in [-0.2, 0) is 0 Å². The van der Waals surface area contributed by atoms with Crippen LogP contribution in [0.5, 0.6) is 0 Å². The molecule has 0 radical (unpaired) electrons. The van der Waals surface area contributed by atoms with Crippen molar-refractivity contribution in [3.63, 3.8) is 0 Å². The van der Waals surface area contributed by atoms with Gasteiger partial charge in [0.15, 0.2) is 0 Å². The van der Waals surface area contributed by atoms with Crippen LogP contribution in [0.25, 0.3) is 0 Å². The molecule has 0 aliphatic heterocycles. The molecule has 2 nitrogen and oxygen atoms in total. The maximum atomic E-state index is 3.84. The Morgan fingerprint density at radius 3 is 2.50 bits per heavy atom. The van der Waals surface area contributed by atoms with Crippen LogP contribution in [0, 0.1) is 5.92 Å². The second-order valence-corrected chi connectivity index (χ2v) is 6.49. The van der Waals surface area contributed by atoms with Gasteiger partial charge in [-0.05, 0) is 52.2 Å². The smallest absolute Gasteiger partial charge is 0.0358 e. The number of hydrogen-bond acceptors (Lipinski definition) is 2. The average Bonchev–Trinajstić information content (AvgIpc) is 2.34. The first-order valence-corrected chi connectivity index (χ1v) is 7.97. The minimum Gasteiger partial charge on any atom is -0.312 e. The van der Waals surface area contributed by atoms with Crippen molar-refractivity contribution in [3.05, 3.63) is 0 Å². The molecule has 0 amide bonds. The van der Waals surface area contributed by atoms with E-state index in [9.17, 15) is 0 Å². The van der Waals surface area contributed by atoms with Crippen molar-refractivity contribution in [1.82, 2.24) is 10.2 Å². The highest BCUT2D eigenvalue weighted by atomic mass is 15.2. The fourth-order valence-electron chi connectivity index (χ4n) is 3.77. The van der Waals surface area contributed by atoms with Crippen LogP contribution in [0.3, 0.4) is 0 Å². The number of hydrogen-bond donors (Lipinski definition) is 1. The lowest BCUT2D eigenvalue weighted by Gasteiger charge is -2.50. The first-order valence-electron chi connectivity index (χ1n) is 7.97. The summed E-state index contributed by atoms with van der Waals surface area (Å²) in [5, 5.41) is 3.84. The van der Waals surface area contributed by atoms with E-state index in [2.05, 4.69) is 45.1 Å². The Balaban J connectivity index is 2.83. The molecule has 3 atom stereocenters. The highest BCUT2D eigenvalue weighted by Gasteiger charge is 2.42. The van der Waals surface area contributed by atoms with E-state index in [0.29, 0.717) is 11.6 Å². The molecule has 0 spiro atoms. The second kappa shape index (κ2) is 7.49. The third-order valence-electron chi connectivity index (χ3n) is 4.77. The maximum Gasteiger partial charge on any atom is 0.0358 e. The summed E-state index contributed by atoms with van der Waals surface area (Å²) in [6.45, 7) is 8.17. The third-order valence-corrected chi connectivity index (χ3v) is 4.77. The molecular weight excluding hydrogens is 220 g/mol. The Morgan fingerprint density at radius 2 is 2.00 bits per heavy atom. The zero-order chi connectivity index (χ0) is 13.6. The summed E-state index contributed by atoms with van der Waals surface area (Å²) in [5.41, 5.74) is 0.392. The lowest BCUT2D eigenvalue weighted by atomic mass is 9.70. The Kier molecular flexibility index (Phi) is 6.65. The van der Waals surface area contributed by atoms with Crippen molar-refractivity contribution in [1.29, 1.82) is 0 Å². The summed E-state index contributed by atoms with van der Waals surface area (Å²) in [7, 11) is 4.57. The van der Waals surface area contributed by atoms with Gasteiger partial charge in [-0.15, -0.1) is 0 Å². The molecule has 0 saturated heterocycles. The predicted molar refractivity (Wildman–Crippen MR) is 81.0 cm³/mol. The second-order valence-electron chi connectivity index (χ2n) is 6.49. The van der Waals surface area contributed by atoms with E-state index in [1.54, 1.807) is 0 Å². The zero-order valence-electron chi connectivity index (χ0n) is 13.3. The zero-order valence-corrected chi connectivity index (χ0v) is 13.3. The van der Waals surface area contributed by atoms with Crippen LogP contribution in [0.4, 0.5) is 0 Å². The molecular formula is C16H34N2. The lowest BCUT2D eigenvalue weighted by Crippen LogP contribution is -2.61. The van der Waals surface area contributed by atoms with E-state index in [0.717, 1.165) is 12.5 Å². The molecule has 1 rings (SSSR count). The number of rotatable bonds is 7. The first-order chi connectivity index (χ1) is 8.56. The molecule has 3 unspecified atom stereocenters. The van der Waals surface area contributed by atoms with Gasteiger partial charge in [-0.3, -0.25) is 0 Å². The standard InChI is InChI=1S/C16H34N2/c1-6-9-15(17-12-7-2)16(18(4)5)11-8-10-14(3)13-16/h14-15,17H,6-13H2,1-5H3. The van der Waals surface area contributed by atoms with Gasteiger partial charge in [0.2, 0.25) is 0 Å². The lowest BCUT2D eigenvalue weighted by molar-refractivity contribution is 0.0341. The van der Waals surface area contributed by atoms with Gasteiger partial charge in [0.1, 0.15) is 0 Å². The number of likely N-dealkylation sites (N-methyl/N-ethyl adjacent to an activating group) is 1. The first kappa shape index (κ1) is 16.0. The van der Waals surface area contributed by atoms with Crippen molar-refractivity contribution < 1.29 is 0 Å². The largest absolute Gasteiger partial charge is 0.312 e. The molecule has 0 aromatic heterocycles. The van der Waals surface area contributed by atoms with Gasteiger partial charge >= 0.3 is 0 Å².